The molecule has 0 N–H and O–H groups in total. The van der Waals surface area contributed by atoms with Crippen molar-refractivity contribution >= 4 is 39.2 Å². The molecule has 4 rings (SSSR count). The maximum Gasteiger partial charge on any atom is 0.305 e. The number of esters is 1. The molecule has 0 aromatic rings. The van der Waals surface area contributed by atoms with Crippen molar-refractivity contribution in [2.24, 2.45) is 34.5 Å². The number of Topliss-reactive ketones (excluding diaryl/α,β-unsaturated/α-hetero) is 2. The van der Waals surface area contributed by atoms with Crippen molar-refractivity contribution in [1.29, 1.82) is 0 Å². The summed E-state index contributed by atoms with van der Waals surface area (Å²) in [5, 5.41) is 0. The molecule has 7 unspecified atom stereocenters. The third kappa shape index (κ3) is 3.17. The summed E-state index contributed by atoms with van der Waals surface area (Å²) in [7, 11) is 0. The van der Waals surface area contributed by atoms with E-state index in [4.69, 9.17) is 4.74 Å². The van der Waals surface area contributed by atoms with Crippen molar-refractivity contribution in [3.8, 4) is 0 Å². The van der Waals surface area contributed by atoms with Crippen molar-refractivity contribution in [1.82, 2.24) is 0 Å². The normalized spacial score (nSPS) is 42.1. The lowest BCUT2D eigenvalue weighted by Crippen LogP contribution is -2.56. The first-order valence-electron chi connectivity index (χ1n) is 10.9. The quantitative estimate of drug-likeness (QED) is 0.452. The van der Waals surface area contributed by atoms with Crippen LogP contribution >= 0.6 is 15.9 Å². The number of hydrogen-bond donors (Lipinski definition) is 0. The molecular formula is C24H29BrO5. The Morgan fingerprint density at radius 3 is 2.67 bits per heavy atom. The number of carbonyl (C=O) groups excluding carboxylic acids is 4. The van der Waals surface area contributed by atoms with E-state index in [1.54, 1.807) is 19.1 Å². The fourth-order valence-electron chi connectivity index (χ4n) is 6.93. The summed E-state index contributed by atoms with van der Waals surface area (Å²) in [6, 6.07) is 0. The maximum absolute atomic E-state index is 13.5. The van der Waals surface area contributed by atoms with Crippen LogP contribution in [0.15, 0.2) is 23.8 Å². The predicted octanol–water partition coefficient (Wildman–Crippen LogP) is 3.99. The molecule has 3 saturated carbocycles. The monoisotopic (exact) mass is 476 g/mol. The minimum absolute atomic E-state index is 0.0216. The van der Waals surface area contributed by atoms with E-state index in [0.717, 1.165) is 24.8 Å². The van der Waals surface area contributed by atoms with E-state index in [-0.39, 0.29) is 64.8 Å². The van der Waals surface area contributed by atoms with Crippen LogP contribution in [0.5, 0.6) is 0 Å². The van der Waals surface area contributed by atoms with Crippen molar-refractivity contribution in [3.05, 3.63) is 23.8 Å². The van der Waals surface area contributed by atoms with E-state index in [1.165, 1.54) is 0 Å². The van der Waals surface area contributed by atoms with E-state index in [0.29, 0.717) is 6.42 Å². The highest BCUT2D eigenvalue weighted by Crippen LogP contribution is 2.65. The molecule has 7 atom stereocenters. The summed E-state index contributed by atoms with van der Waals surface area (Å²) in [4.78, 5) is 50.0. The zero-order valence-corrected chi connectivity index (χ0v) is 19.4. The standard InChI is InChI=1S/C24H29BrO5/c1-4-21(29)30-12-20(28)16-6-5-15-14-10-18(25)17-9-13(26)7-8-23(17,2)22(14)19(27)11-24(15,16)3/h7-9,14-16,18,22H,4-6,10-12H2,1-3H3. The van der Waals surface area contributed by atoms with Crippen LogP contribution in [-0.2, 0) is 23.9 Å². The molecule has 30 heavy (non-hydrogen) atoms. The van der Waals surface area contributed by atoms with Gasteiger partial charge in [-0.25, -0.2) is 0 Å². The van der Waals surface area contributed by atoms with Crippen molar-refractivity contribution < 1.29 is 23.9 Å². The number of carbonyl (C=O) groups is 4. The molecule has 5 nitrogen and oxygen atoms in total. The van der Waals surface area contributed by atoms with Crippen LogP contribution in [0, 0.1) is 34.5 Å². The van der Waals surface area contributed by atoms with Gasteiger partial charge in [-0.2, -0.15) is 0 Å². The molecule has 0 saturated heterocycles. The van der Waals surface area contributed by atoms with Crippen LogP contribution in [0.25, 0.3) is 0 Å². The summed E-state index contributed by atoms with van der Waals surface area (Å²) < 4.78 is 5.11. The Balaban J connectivity index is 1.63. The number of hydrogen-bond acceptors (Lipinski definition) is 5. The lowest BCUT2D eigenvalue weighted by molar-refractivity contribution is -0.153. The van der Waals surface area contributed by atoms with Gasteiger partial charge < -0.3 is 4.74 Å². The first-order valence-corrected chi connectivity index (χ1v) is 11.8. The van der Waals surface area contributed by atoms with Gasteiger partial charge in [0.1, 0.15) is 12.4 Å². The Hall–Kier alpha value is -1.56. The topological polar surface area (TPSA) is 77.5 Å². The summed E-state index contributed by atoms with van der Waals surface area (Å²) >= 11 is 3.79. The zero-order valence-electron chi connectivity index (χ0n) is 17.8. The molecule has 6 heteroatoms. The van der Waals surface area contributed by atoms with Crippen LogP contribution in [0.3, 0.4) is 0 Å². The Morgan fingerprint density at radius 1 is 1.23 bits per heavy atom. The third-order valence-electron chi connectivity index (χ3n) is 8.29. The van der Waals surface area contributed by atoms with Gasteiger partial charge in [-0.1, -0.05) is 42.8 Å². The Kier molecular flexibility index (Phi) is 5.44. The Morgan fingerprint density at radius 2 is 1.97 bits per heavy atom. The van der Waals surface area contributed by atoms with Gasteiger partial charge in [-0.05, 0) is 54.2 Å². The highest BCUT2D eigenvalue weighted by atomic mass is 79.9. The average Bonchev–Trinajstić information content (AvgIpc) is 3.03. The van der Waals surface area contributed by atoms with Crippen LogP contribution in [0.2, 0.25) is 0 Å². The highest BCUT2D eigenvalue weighted by Gasteiger charge is 2.63. The number of halogens is 1. The van der Waals surface area contributed by atoms with E-state index >= 15 is 0 Å². The van der Waals surface area contributed by atoms with Crippen molar-refractivity contribution in [2.75, 3.05) is 6.61 Å². The van der Waals surface area contributed by atoms with E-state index < -0.39 is 10.8 Å². The van der Waals surface area contributed by atoms with Crippen LogP contribution < -0.4 is 0 Å². The predicted molar refractivity (Wildman–Crippen MR) is 115 cm³/mol. The number of ether oxygens (including phenoxy) is 1. The summed E-state index contributed by atoms with van der Waals surface area (Å²) in [6.07, 6.45) is 8.27. The van der Waals surface area contributed by atoms with Gasteiger partial charge in [-0.15, -0.1) is 0 Å². The first kappa shape index (κ1) is 21.7. The largest absolute Gasteiger partial charge is 0.458 e. The molecule has 162 valence electrons. The third-order valence-corrected chi connectivity index (χ3v) is 9.15. The number of alkyl halides is 1. The lowest BCUT2D eigenvalue weighted by Gasteiger charge is -2.56. The number of ketones is 3. The molecule has 0 radical (unpaired) electrons. The molecule has 0 bridgehead atoms. The second kappa shape index (κ2) is 7.54. The van der Waals surface area contributed by atoms with E-state index in [9.17, 15) is 19.2 Å². The molecule has 0 amide bonds. The minimum atomic E-state index is -0.456. The molecule has 0 aromatic heterocycles. The minimum Gasteiger partial charge on any atom is -0.458 e. The Bertz CT molecular complexity index is 873. The van der Waals surface area contributed by atoms with Gasteiger partial charge >= 0.3 is 5.97 Å². The van der Waals surface area contributed by atoms with E-state index in [2.05, 4.69) is 29.8 Å². The van der Waals surface area contributed by atoms with Gasteiger partial charge in [0.05, 0.1) is 0 Å². The van der Waals surface area contributed by atoms with Gasteiger partial charge in [-0.3, -0.25) is 19.2 Å². The second-order valence-corrected chi connectivity index (χ2v) is 10.9. The van der Waals surface area contributed by atoms with Gasteiger partial charge in [0.2, 0.25) is 0 Å². The number of rotatable bonds is 4. The lowest BCUT2D eigenvalue weighted by atomic mass is 9.47. The van der Waals surface area contributed by atoms with Gasteiger partial charge in [0.15, 0.2) is 11.6 Å². The van der Waals surface area contributed by atoms with Gasteiger partial charge in [0.25, 0.3) is 0 Å². The first-order chi connectivity index (χ1) is 14.1. The van der Waals surface area contributed by atoms with E-state index in [1.807, 2.05) is 6.08 Å². The van der Waals surface area contributed by atoms with Gasteiger partial charge in [0, 0.05) is 34.9 Å². The van der Waals surface area contributed by atoms with Crippen LogP contribution in [0.4, 0.5) is 0 Å². The fraction of sp³-hybridized carbons (Fsp3) is 0.667. The fourth-order valence-corrected chi connectivity index (χ4v) is 7.98. The summed E-state index contributed by atoms with van der Waals surface area (Å²) in [5.41, 5.74) is 0.152. The highest BCUT2D eigenvalue weighted by molar-refractivity contribution is 9.09. The summed E-state index contributed by atoms with van der Waals surface area (Å²) in [5.74, 6) is -0.248. The molecular weight excluding hydrogens is 448 g/mol. The summed E-state index contributed by atoms with van der Waals surface area (Å²) in [6.45, 7) is 5.67. The molecule has 3 fully saturated rings. The molecule has 0 aliphatic heterocycles. The zero-order chi connectivity index (χ0) is 21.8. The Labute approximate surface area is 185 Å². The van der Waals surface area contributed by atoms with Crippen LogP contribution in [0.1, 0.15) is 52.9 Å². The molecule has 4 aliphatic rings. The molecule has 0 heterocycles. The average molecular weight is 477 g/mol. The van der Waals surface area contributed by atoms with Crippen molar-refractivity contribution in [3.63, 3.8) is 0 Å². The second-order valence-electron chi connectivity index (χ2n) is 9.83. The SMILES string of the molecule is CCC(=O)OCC(=O)C1CCC2C3CC(Br)C4=CC(=O)C=CC4(C)C3C(=O)CC12C. The molecule has 0 aromatic carbocycles. The van der Waals surface area contributed by atoms with Crippen molar-refractivity contribution in [2.45, 2.75) is 57.7 Å². The van der Waals surface area contributed by atoms with Crippen LogP contribution in [-0.4, -0.2) is 34.8 Å². The smallest absolute Gasteiger partial charge is 0.305 e. The number of fused-ring (bicyclic) bond motifs is 5. The number of allylic oxidation sites excluding steroid dienone is 4. The molecule has 4 aliphatic carbocycles. The molecule has 0 spiro atoms. The maximum atomic E-state index is 13.5.